The average Bonchev–Trinajstić information content (AvgIpc) is 0. The standard InChI is InChI=1S/Ga.2Ge.In.2Si. The molecule has 0 saturated heterocycles. The van der Waals surface area contributed by atoms with Crippen LogP contribution in [-0.4, -0.2) is 103 Å². The van der Waals surface area contributed by atoms with E-state index in [2.05, 4.69) is 0 Å². The molecule has 0 spiro atoms. The first kappa shape index (κ1) is 63.5. The quantitative estimate of drug-likeness (QED) is 0.412. The van der Waals surface area contributed by atoms with Crippen LogP contribution in [0.5, 0.6) is 0 Å². The first-order valence-electron chi connectivity index (χ1n) is 0. The summed E-state index contributed by atoms with van der Waals surface area (Å²) in [6, 6.07) is 0. The molecule has 0 nitrogen and oxygen atoms in total. The van der Waals surface area contributed by atoms with Crippen molar-refractivity contribution in [1.29, 1.82) is 0 Å². The van der Waals surface area contributed by atoms with Gasteiger partial charge in [-0.2, -0.15) is 0 Å². The van der Waals surface area contributed by atoms with E-state index in [0.29, 0.717) is 0 Å². The molecule has 0 heterocycles. The Morgan fingerprint density at radius 1 is 0.667 bits per heavy atom. The van der Waals surface area contributed by atoms with Crippen LogP contribution >= 0.6 is 0 Å². The molecule has 0 amide bonds. The Kier molecular flexibility index (Phi) is 458. The molecule has 0 atom stereocenters. The Bertz CT molecular complexity index is 11.5. The minimum Gasteiger partial charge on any atom is 0 e. The van der Waals surface area contributed by atoms with E-state index < -0.39 is 0 Å². The summed E-state index contributed by atoms with van der Waals surface area (Å²) in [5.74, 6) is 0. The number of rotatable bonds is 0. The molecule has 6 heavy (non-hydrogen) atoms. The number of hydrogen-bond acceptors (Lipinski definition) is 0. The Morgan fingerprint density at radius 2 is 0.667 bits per heavy atom. The zero-order valence-corrected chi connectivity index (χ0v) is 15.1. The van der Waals surface area contributed by atoms with E-state index in [4.69, 9.17) is 0 Å². The fourth-order valence-electron chi connectivity index (χ4n) is 0. The van der Waals surface area contributed by atoms with E-state index in [1.807, 2.05) is 0 Å². The molecule has 22 radical (unpaired) electrons. The molecule has 0 aliphatic rings. The van der Waals surface area contributed by atoms with Gasteiger partial charge in [0.15, 0.2) is 0 Å². The zero-order valence-electron chi connectivity index (χ0n) is 3.15. The van der Waals surface area contributed by atoms with Gasteiger partial charge in [0, 0.05) is 103 Å². The van der Waals surface area contributed by atoms with Crippen LogP contribution in [0, 0.1) is 0 Å². The molecular weight excluding hydrogens is 386 g/mol. The van der Waals surface area contributed by atoms with Gasteiger partial charge in [0.2, 0.25) is 0 Å². The summed E-state index contributed by atoms with van der Waals surface area (Å²) in [4.78, 5) is 0. The van der Waals surface area contributed by atoms with Gasteiger partial charge < -0.3 is 0 Å². The second-order valence-electron chi connectivity index (χ2n) is 0. The van der Waals surface area contributed by atoms with Gasteiger partial charge in [-0.15, -0.1) is 0 Å². The molecule has 6 heteroatoms. The molecule has 0 bridgehead atoms. The summed E-state index contributed by atoms with van der Waals surface area (Å²) in [6.45, 7) is 0. The summed E-state index contributed by atoms with van der Waals surface area (Å²) in [6.07, 6.45) is 0. The molecule has 0 aliphatic carbocycles. The fraction of sp³-hybridized carbons (Fsp3) is 0. The van der Waals surface area contributed by atoms with Gasteiger partial charge in [0.05, 0.1) is 0 Å². The van der Waals surface area contributed by atoms with Crippen LogP contribution in [0.1, 0.15) is 0 Å². The van der Waals surface area contributed by atoms with Crippen molar-refractivity contribution in [2.45, 2.75) is 0 Å². The smallest absolute Gasteiger partial charge is 0 e. The second-order valence-corrected chi connectivity index (χ2v) is 0. The van der Waals surface area contributed by atoms with Crippen LogP contribution in [-0.2, 0) is 0 Å². The Labute approximate surface area is 101 Å². The first-order valence-corrected chi connectivity index (χ1v) is 0. The van der Waals surface area contributed by atoms with Gasteiger partial charge in [-0.1, -0.05) is 0 Å². The van der Waals surface area contributed by atoms with Crippen LogP contribution in [0.4, 0.5) is 0 Å². The van der Waals surface area contributed by atoms with Crippen molar-refractivity contribution < 1.29 is 0 Å². The molecule has 0 saturated carbocycles. The van der Waals surface area contributed by atoms with E-state index in [1.165, 1.54) is 0 Å². The van der Waals surface area contributed by atoms with Crippen molar-refractivity contribution in [1.82, 2.24) is 0 Å². The van der Waals surface area contributed by atoms with E-state index in [0.717, 1.165) is 0 Å². The molecule has 0 fully saturated rings. The summed E-state index contributed by atoms with van der Waals surface area (Å²) in [5, 5.41) is 0. The van der Waals surface area contributed by atoms with E-state index in [-0.39, 0.29) is 103 Å². The SMILES string of the molecule is [Ga].[Ge].[Ge].[In].[Si].[Si]. The summed E-state index contributed by atoms with van der Waals surface area (Å²) < 4.78 is 0. The van der Waals surface area contributed by atoms with Crippen molar-refractivity contribution in [3.8, 4) is 0 Å². The minimum atomic E-state index is 0. The third-order valence-electron chi connectivity index (χ3n) is 0. The molecule has 0 rings (SSSR count). The maximum Gasteiger partial charge on any atom is 0 e. The van der Waals surface area contributed by atoms with Gasteiger partial charge >= 0.3 is 0 Å². The van der Waals surface area contributed by atoms with E-state index in [1.54, 1.807) is 0 Å². The monoisotopic (exact) mass is 388 g/mol. The fourth-order valence-corrected chi connectivity index (χ4v) is 0. The predicted octanol–water partition coefficient (Wildman–Crippen LogP) is -2.28. The predicted molar refractivity (Wildman–Crippen MR) is 34.5 cm³/mol. The maximum absolute atomic E-state index is 0. The minimum absolute atomic E-state index is 0. The second kappa shape index (κ2) is 43.3. The molecule has 0 aromatic carbocycles. The maximum atomic E-state index is 0. The van der Waals surface area contributed by atoms with Crippen molar-refractivity contribution in [3.05, 3.63) is 0 Å². The van der Waals surface area contributed by atoms with Crippen LogP contribution in [0.3, 0.4) is 0 Å². The largest absolute Gasteiger partial charge is 0 e. The Morgan fingerprint density at radius 3 is 0.667 bits per heavy atom. The van der Waals surface area contributed by atoms with Crippen LogP contribution < -0.4 is 0 Å². The Hall–Kier alpha value is 3.03. The average molecular weight is 386 g/mol. The molecule has 22 valence electrons. The molecule has 0 aromatic rings. The normalized spacial score (nSPS) is 0. The van der Waals surface area contributed by atoms with Gasteiger partial charge in [-0.3, -0.25) is 0 Å². The van der Waals surface area contributed by atoms with Crippen molar-refractivity contribution in [2.75, 3.05) is 0 Å². The zero-order chi connectivity index (χ0) is 0. The van der Waals surface area contributed by atoms with Crippen LogP contribution in [0.25, 0.3) is 0 Å². The summed E-state index contributed by atoms with van der Waals surface area (Å²) in [7, 11) is 0. The summed E-state index contributed by atoms with van der Waals surface area (Å²) >= 11 is 0. The molecular formula is GaGe2InSi2. The van der Waals surface area contributed by atoms with Gasteiger partial charge in [-0.25, -0.2) is 0 Å². The van der Waals surface area contributed by atoms with Crippen LogP contribution in [0.2, 0.25) is 0 Å². The Balaban J connectivity index is 0. The van der Waals surface area contributed by atoms with Crippen molar-refractivity contribution >= 4 is 103 Å². The van der Waals surface area contributed by atoms with Crippen molar-refractivity contribution in [2.24, 2.45) is 0 Å². The molecule has 0 unspecified atom stereocenters. The molecule has 0 aliphatic heterocycles. The molecule has 0 aromatic heterocycles. The third-order valence-corrected chi connectivity index (χ3v) is 0. The topological polar surface area (TPSA) is 0 Å². The molecule has 0 N–H and O–H groups in total. The van der Waals surface area contributed by atoms with Gasteiger partial charge in [-0.05, 0) is 0 Å². The van der Waals surface area contributed by atoms with Gasteiger partial charge in [0.1, 0.15) is 0 Å². The van der Waals surface area contributed by atoms with Crippen molar-refractivity contribution in [3.63, 3.8) is 0 Å². The third kappa shape index (κ3) is 27.9. The van der Waals surface area contributed by atoms with E-state index >= 15 is 0 Å². The number of hydrogen-bond donors (Lipinski definition) is 0. The summed E-state index contributed by atoms with van der Waals surface area (Å²) in [5.41, 5.74) is 0. The van der Waals surface area contributed by atoms with Gasteiger partial charge in [0.25, 0.3) is 0 Å². The first-order chi connectivity index (χ1) is 0. The van der Waals surface area contributed by atoms with E-state index in [9.17, 15) is 0 Å². The van der Waals surface area contributed by atoms with Crippen LogP contribution in [0.15, 0.2) is 0 Å².